The minimum atomic E-state index is -2.97. The summed E-state index contributed by atoms with van der Waals surface area (Å²) in [5, 5.41) is 10.4. The van der Waals surface area contributed by atoms with Crippen LogP contribution in [0.2, 0.25) is 0 Å². The molecule has 2 rings (SSSR count). The van der Waals surface area contributed by atoms with Gasteiger partial charge in [0, 0.05) is 0 Å². The number of pyridine rings is 1. The summed E-state index contributed by atoms with van der Waals surface area (Å²) in [4.78, 5) is 4.19. The van der Waals surface area contributed by atoms with E-state index in [9.17, 15) is 13.5 Å². The van der Waals surface area contributed by atoms with Crippen LogP contribution in [0.1, 0.15) is 18.5 Å². The highest BCUT2D eigenvalue weighted by molar-refractivity contribution is 9.10. The van der Waals surface area contributed by atoms with E-state index in [1.54, 1.807) is 18.2 Å². The van der Waals surface area contributed by atoms with Crippen molar-refractivity contribution in [2.75, 3.05) is 11.5 Å². The van der Waals surface area contributed by atoms with Crippen LogP contribution in [-0.4, -0.2) is 30.0 Å². The Morgan fingerprint density at radius 2 is 1.94 bits per heavy atom. The van der Waals surface area contributed by atoms with E-state index in [1.165, 1.54) is 0 Å². The van der Waals surface area contributed by atoms with Crippen LogP contribution < -0.4 is 0 Å². The first-order valence-corrected chi connectivity index (χ1v) is 7.59. The van der Waals surface area contributed by atoms with Gasteiger partial charge in [0.25, 0.3) is 0 Å². The zero-order valence-corrected chi connectivity index (χ0v) is 11.0. The van der Waals surface area contributed by atoms with Gasteiger partial charge in [0.15, 0.2) is 9.84 Å². The van der Waals surface area contributed by atoms with Gasteiger partial charge in [-0.1, -0.05) is 6.07 Å². The van der Waals surface area contributed by atoms with Crippen molar-refractivity contribution in [3.8, 4) is 0 Å². The highest BCUT2D eigenvalue weighted by Gasteiger charge is 2.37. The smallest absolute Gasteiger partial charge is 0.150 e. The topological polar surface area (TPSA) is 67.3 Å². The fourth-order valence-electron chi connectivity index (χ4n) is 1.80. The number of nitrogens with zero attached hydrogens (tertiary/aromatic N) is 1. The summed E-state index contributed by atoms with van der Waals surface area (Å²) in [6.07, 6.45) is 0.442. The molecule has 1 N–H and O–H groups in total. The monoisotopic (exact) mass is 305 g/mol. The quantitative estimate of drug-likeness (QED) is 0.793. The molecule has 0 spiro atoms. The molecule has 0 aromatic carbocycles. The fraction of sp³-hybridized carbons (Fsp3) is 0.500. The van der Waals surface area contributed by atoms with Crippen molar-refractivity contribution in [3.05, 3.63) is 28.5 Å². The van der Waals surface area contributed by atoms with Gasteiger partial charge in [0.05, 0.1) is 17.2 Å². The van der Waals surface area contributed by atoms with Crippen molar-refractivity contribution in [1.82, 2.24) is 4.98 Å². The average molecular weight is 306 g/mol. The van der Waals surface area contributed by atoms with E-state index in [1.807, 2.05) is 0 Å². The molecule has 1 aliphatic rings. The largest absolute Gasteiger partial charge is 0.383 e. The molecule has 6 heteroatoms. The standard InChI is InChI=1S/C10H12BrNO3S/c11-9-3-1-2-8(12-9)10(13)4-6-16(14,15)7-5-10/h1-3,13H,4-7H2. The summed E-state index contributed by atoms with van der Waals surface area (Å²) in [7, 11) is -2.97. The SMILES string of the molecule is O=S1(=O)CCC(O)(c2cccc(Br)n2)CC1. The summed E-state index contributed by atoms with van der Waals surface area (Å²) in [6, 6.07) is 5.28. The third-order valence-electron chi connectivity index (χ3n) is 2.85. The van der Waals surface area contributed by atoms with Gasteiger partial charge < -0.3 is 5.11 Å². The van der Waals surface area contributed by atoms with Crippen LogP contribution in [0.15, 0.2) is 22.8 Å². The number of hydrogen-bond acceptors (Lipinski definition) is 4. The van der Waals surface area contributed by atoms with Gasteiger partial charge in [0.2, 0.25) is 0 Å². The molecule has 1 aromatic rings. The second-order valence-corrected chi connectivity index (χ2v) is 7.15. The van der Waals surface area contributed by atoms with E-state index in [0.29, 0.717) is 10.3 Å². The third-order valence-corrected chi connectivity index (χ3v) is 4.94. The molecule has 0 unspecified atom stereocenters. The van der Waals surface area contributed by atoms with Crippen molar-refractivity contribution in [3.63, 3.8) is 0 Å². The maximum Gasteiger partial charge on any atom is 0.150 e. The molecule has 0 radical (unpaired) electrons. The first-order chi connectivity index (χ1) is 7.41. The summed E-state index contributed by atoms with van der Waals surface area (Å²) in [6.45, 7) is 0. The summed E-state index contributed by atoms with van der Waals surface area (Å²) in [5.74, 6) is 0.0510. The molecule has 1 saturated heterocycles. The highest BCUT2D eigenvalue weighted by Crippen LogP contribution is 2.32. The van der Waals surface area contributed by atoms with E-state index < -0.39 is 15.4 Å². The van der Waals surface area contributed by atoms with Crippen molar-refractivity contribution >= 4 is 25.8 Å². The Morgan fingerprint density at radius 3 is 2.50 bits per heavy atom. The molecule has 0 atom stereocenters. The zero-order chi connectivity index (χ0) is 11.8. The predicted octanol–water partition coefficient (Wildman–Crippen LogP) is 1.24. The van der Waals surface area contributed by atoms with E-state index in [-0.39, 0.29) is 24.3 Å². The van der Waals surface area contributed by atoms with Crippen molar-refractivity contribution in [1.29, 1.82) is 0 Å². The van der Waals surface area contributed by atoms with Gasteiger partial charge in [-0.15, -0.1) is 0 Å². The Bertz CT molecular complexity index is 487. The van der Waals surface area contributed by atoms with Gasteiger partial charge in [0.1, 0.15) is 10.2 Å². The summed E-state index contributed by atoms with van der Waals surface area (Å²) >= 11 is 3.23. The van der Waals surface area contributed by atoms with Crippen molar-refractivity contribution in [2.24, 2.45) is 0 Å². The lowest BCUT2D eigenvalue weighted by molar-refractivity contribution is 0.0218. The number of sulfone groups is 1. The lowest BCUT2D eigenvalue weighted by Crippen LogP contribution is -2.37. The van der Waals surface area contributed by atoms with Crippen LogP contribution in [0.4, 0.5) is 0 Å². The van der Waals surface area contributed by atoms with Crippen LogP contribution in [-0.2, 0) is 15.4 Å². The molecule has 16 heavy (non-hydrogen) atoms. The van der Waals surface area contributed by atoms with Crippen LogP contribution in [0.3, 0.4) is 0 Å². The van der Waals surface area contributed by atoms with Gasteiger partial charge >= 0.3 is 0 Å². The van der Waals surface area contributed by atoms with E-state index in [0.717, 1.165) is 0 Å². The molecular weight excluding hydrogens is 294 g/mol. The molecule has 0 bridgehead atoms. The zero-order valence-electron chi connectivity index (χ0n) is 8.56. The Balaban J connectivity index is 2.28. The molecule has 1 fully saturated rings. The molecule has 0 saturated carbocycles. The maximum absolute atomic E-state index is 11.3. The maximum atomic E-state index is 11.3. The molecule has 0 aliphatic carbocycles. The van der Waals surface area contributed by atoms with Gasteiger partial charge in [-0.3, -0.25) is 0 Å². The minimum absolute atomic E-state index is 0.0255. The van der Waals surface area contributed by atoms with Crippen molar-refractivity contribution in [2.45, 2.75) is 18.4 Å². The first-order valence-electron chi connectivity index (χ1n) is 4.97. The summed E-state index contributed by atoms with van der Waals surface area (Å²) in [5.41, 5.74) is -0.563. The Hall–Kier alpha value is -0.460. The molecule has 1 aliphatic heterocycles. The molecule has 4 nitrogen and oxygen atoms in total. The minimum Gasteiger partial charge on any atom is -0.383 e. The lowest BCUT2D eigenvalue weighted by atomic mass is 9.92. The van der Waals surface area contributed by atoms with Crippen LogP contribution in [0, 0.1) is 0 Å². The second kappa shape index (κ2) is 4.09. The molecule has 0 amide bonds. The van der Waals surface area contributed by atoms with E-state index in [4.69, 9.17) is 0 Å². The molecular formula is C10H12BrNO3S. The normalized spacial score (nSPS) is 22.9. The van der Waals surface area contributed by atoms with Gasteiger partial charge in [-0.05, 0) is 40.9 Å². The molecule has 88 valence electrons. The number of halogens is 1. The Kier molecular flexibility index (Phi) is 3.07. The number of aliphatic hydroxyl groups is 1. The third kappa shape index (κ3) is 2.44. The number of hydrogen-bond donors (Lipinski definition) is 1. The summed E-state index contributed by atoms with van der Waals surface area (Å²) < 4.78 is 23.2. The predicted molar refractivity (Wildman–Crippen MR) is 63.7 cm³/mol. The van der Waals surface area contributed by atoms with Crippen molar-refractivity contribution < 1.29 is 13.5 Å². The average Bonchev–Trinajstić information content (AvgIpc) is 2.23. The van der Waals surface area contributed by atoms with Gasteiger partial charge in [-0.25, -0.2) is 13.4 Å². The molecule has 2 heterocycles. The van der Waals surface area contributed by atoms with Crippen LogP contribution in [0.5, 0.6) is 0 Å². The Labute approximate surface area is 103 Å². The Morgan fingerprint density at radius 1 is 1.31 bits per heavy atom. The number of aromatic nitrogens is 1. The van der Waals surface area contributed by atoms with E-state index in [2.05, 4.69) is 20.9 Å². The molecule has 1 aromatic heterocycles. The van der Waals surface area contributed by atoms with E-state index >= 15 is 0 Å². The number of rotatable bonds is 1. The highest BCUT2D eigenvalue weighted by atomic mass is 79.9. The van der Waals surface area contributed by atoms with Crippen LogP contribution >= 0.6 is 15.9 Å². The van der Waals surface area contributed by atoms with Gasteiger partial charge in [-0.2, -0.15) is 0 Å². The first kappa shape index (κ1) is 12.0. The fourth-order valence-corrected chi connectivity index (χ4v) is 3.64. The lowest BCUT2D eigenvalue weighted by Gasteiger charge is -2.31. The second-order valence-electron chi connectivity index (χ2n) is 4.03. The van der Waals surface area contributed by atoms with Crippen LogP contribution in [0.25, 0.3) is 0 Å².